The molecule has 2 N–H and O–H groups in total. The molecule has 0 spiro atoms. The van der Waals surface area contributed by atoms with E-state index < -0.39 is 0 Å². The standard InChI is InChI=1S/C14H19N3O2/c1-10-6-11(8-12(15)7-10)14(19)17-5-3-4-16(2)13(18)9-17/h6-8H,3-5,9,15H2,1-2H3. The van der Waals surface area contributed by atoms with Gasteiger partial charge in [-0.25, -0.2) is 0 Å². The van der Waals surface area contributed by atoms with Crippen LogP contribution in [0.25, 0.3) is 0 Å². The fourth-order valence-electron chi connectivity index (χ4n) is 2.28. The van der Waals surface area contributed by atoms with E-state index in [9.17, 15) is 9.59 Å². The van der Waals surface area contributed by atoms with Gasteiger partial charge in [-0.1, -0.05) is 0 Å². The lowest BCUT2D eigenvalue weighted by molar-refractivity contribution is -0.129. The zero-order valence-corrected chi connectivity index (χ0v) is 11.3. The van der Waals surface area contributed by atoms with E-state index in [0.717, 1.165) is 12.0 Å². The van der Waals surface area contributed by atoms with Crippen LogP contribution in [0.1, 0.15) is 22.3 Å². The van der Waals surface area contributed by atoms with Crippen LogP contribution in [0.4, 0.5) is 5.69 Å². The Hall–Kier alpha value is -2.04. The number of rotatable bonds is 1. The van der Waals surface area contributed by atoms with Crippen molar-refractivity contribution in [3.05, 3.63) is 29.3 Å². The van der Waals surface area contributed by atoms with E-state index in [1.54, 1.807) is 29.0 Å². The number of aryl methyl sites for hydroxylation is 1. The summed E-state index contributed by atoms with van der Waals surface area (Å²) in [4.78, 5) is 27.5. The van der Waals surface area contributed by atoms with Crippen molar-refractivity contribution in [2.45, 2.75) is 13.3 Å². The molecule has 1 aliphatic rings. The maximum atomic E-state index is 12.4. The van der Waals surface area contributed by atoms with E-state index >= 15 is 0 Å². The van der Waals surface area contributed by atoms with Crippen molar-refractivity contribution in [3.63, 3.8) is 0 Å². The normalized spacial score (nSPS) is 16.4. The van der Waals surface area contributed by atoms with Crippen molar-refractivity contribution in [2.24, 2.45) is 0 Å². The Morgan fingerprint density at radius 2 is 2.00 bits per heavy atom. The highest BCUT2D eigenvalue weighted by Gasteiger charge is 2.23. The average Bonchev–Trinajstić information content (AvgIpc) is 2.50. The van der Waals surface area contributed by atoms with E-state index in [4.69, 9.17) is 5.73 Å². The van der Waals surface area contributed by atoms with Gasteiger partial charge in [-0.15, -0.1) is 0 Å². The van der Waals surface area contributed by atoms with Crippen molar-refractivity contribution in [1.82, 2.24) is 9.80 Å². The smallest absolute Gasteiger partial charge is 0.254 e. The van der Waals surface area contributed by atoms with Crippen LogP contribution in [0.15, 0.2) is 18.2 Å². The third kappa shape index (κ3) is 3.05. The fraction of sp³-hybridized carbons (Fsp3) is 0.429. The zero-order valence-electron chi connectivity index (χ0n) is 11.3. The molecule has 5 heteroatoms. The topological polar surface area (TPSA) is 66.6 Å². The highest BCUT2D eigenvalue weighted by atomic mass is 16.2. The number of anilines is 1. The second kappa shape index (κ2) is 5.30. The van der Waals surface area contributed by atoms with E-state index in [1.165, 1.54) is 0 Å². The Kier molecular flexibility index (Phi) is 3.74. The van der Waals surface area contributed by atoms with Gasteiger partial charge >= 0.3 is 0 Å². The number of carbonyl (C=O) groups excluding carboxylic acids is 2. The minimum absolute atomic E-state index is 0.0218. The molecule has 0 saturated carbocycles. The molecule has 1 aromatic rings. The summed E-state index contributed by atoms with van der Waals surface area (Å²) in [5.74, 6) is -0.148. The van der Waals surface area contributed by atoms with E-state index in [-0.39, 0.29) is 18.4 Å². The van der Waals surface area contributed by atoms with Gasteiger partial charge in [0, 0.05) is 31.4 Å². The van der Waals surface area contributed by atoms with Crippen LogP contribution in [0.3, 0.4) is 0 Å². The largest absolute Gasteiger partial charge is 0.399 e. The van der Waals surface area contributed by atoms with E-state index in [1.807, 2.05) is 13.0 Å². The molecule has 0 bridgehead atoms. The van der Waals surface area contributed by atoms with Crippen molar-refractivity contribution in [1.29, 1.82) is 0 Å². The molecule has 0 unspecified atom stereocenters. The summed E-state index contributed by atoms with van der Waals surface area (Å²) < 4.78 is 0. The number of likely N-dealkylation sites (N-methyl/N-ethyl adjacent to an activating group) is 1. The van der Waals surface area contributed by atoms with Crippen LogP contribution in [0.5, 0.6) is 0 Å². The first kappa shape index (κ1) is 13.4. The molecule has 0 atom stereocenters. The minimum Gasteiger partial charge on any atom is -0.399 e. The molecule has 1 saturated heterocycles. The van der Waals surface area contributed by atoms with Crippen molar-refractivity contribution >= 4 is 17.5 Å². The van der Waals surface area contributed by atoms with Gasteiger partial charge in [0.05, 0.1) is 0 Å². The summed E-state index contributed by atoms with van der Waals surface area (Å²) in [6, 6.07) is 5.28. The molecule has 2 amide bonds. The lowest BCUT2D eigenvalue weighted by Crippen LogP contribution is -2.38. The summed E-state index contributed by atoms with van der Waals surface area (Å²) in [6.45, 7) is 3.33. The Morgan fingerprint density at radius 3 is 2.68 bits per heavy atom. The molecule has 0 aromatic heterocycles. The number of hydrogen-bond donors (Lipinski definition) is 1. The average molecular weight is 261 g/mol. The monoisotopic (exact) mass is 261 g/mol. The highest BCUT2D eigenvalue weighted by Crippen LogP contribution is 2.15. The molecule has 1 aromatic carbocycles. The maximum Gasteiger partial charge on any atom is 0.254 e. The van der Waals surface area contributed by atoms with Crippen molar-refractivity contribution in [3.8, 4) is 0 Å². The summed E-state index contributed by atoms with van der Waals surface area (Å²) in [6.07, 6.45) is 0.801. The SMILES string of the molecule is Cc1cc(N)cc(C(=O)N2CCCN(C)C(=O)C2)c1. The second-order valence-electron chi connectivity index (χ2n) is 5.03. The van der Waals surface area contributed by atoms with Gasteiger partial charge in [-0.05, 0) is 37.1 Å². The van der Waals surface area contributed by atoms with Crippen LogP contribution < -0.4 is 5.73 Å². The molecule has 0 radical (unpaired) electrons. The van der Waals surface area contributed by atoms with Gasteiger partial charge in [0.15, 0.2) is 0 Å². The predicted molar refractivity (Wildman–Crippen MR) is 73.7 cm³/mol. The number of nitrogen functional groups attached to an aromatic ring is 1. The summed E-state index contributed by atoms with van der Waals surface area (Å²) in [5, 5.41) is 0. The molecule has 5 nitrogen and oxygen atoms in total. The first-order valence-corrected chi connectivity index (χ1v) is 6.38. The van der Waals surface area contributed by atoms with Crippen LogP contribution in [0, 0.1) is 6.92 Å². The van der Waals surface area contributed by atoms with Gasteiger partial charge in [0.1, 0.15) is 6.54 Å². The van der Waals surface area contributed by atoms with Gasteiger partial charge in [0.2, 0.25) is 5.91 Å². The summed E-state index contributed by atoms with van der Waals surface area (Å²) >= 11 is 0. The first-order chi connectivity index (χ1) is 8.97. The first-order valence-electron chi connectivity index (χ1n) is 6.38. The quantitative estimate of drug-likeness (QED) is 0.763. The summed E-state index contributed by atoms with van der Waals surface area (Å²) in [7, 11) is 1.76. The minimum atomic E-state index is -0.126. The third-order valence-corrected chi connectivity index (χ3v) is 3.31. The number of nitrogens with zero attached hydrogens (tertiary/aromatic N) is 2. The maximum absolute atomic E-state index is 12.4. The lowest BCUT2D eigenvalue weighted by atomic mass is 10.1. The zero-order chi connectivity index (χ0) is 14.0. The number of nitrogens with two attached hydrogens (primary N) is 1. The van der Waals surface area contributed by atoms with Gasteiger partial charge in [-0.2, -0.15) is 0 Å². The number of benzene rings is 1. The second-order valence-corrected chi connectivity index (χ2v) is 5.03. The Morgan fingerprint density at radius 1 is 1.26 bits per heavy atom. The molecule has 1 aliphatic heterocycles. The highest BCUT2D eigenvalue weighted by molar-refractivity contribution is 5.97. The molecule has 2 rings (SSSR count). The molecular weight excluding hydrogens is 242 g/mol. The van der Waals surface area contributed by atoms with Crippen LogP contribution >= 0.6 is 0 Å². The Bertz CT molecular complexity index is 493. The third-order valence-electron chi connectivity index (χ3n) is 3.31. The van der Waals surface area contributed by atoms with Gasteiger partial charge in [-0.3, -0.25) is 9.59 Å². The molecule has 19 heavy (non-hydrogen) atoms. The van der Waals surface area contributed by atoms with Gasteiger partial charge in [0.25, 0.3) is 5.91 Å². The molecule has 1 fully saturated rings. The molecule has 1 heterocycles. The molecule has 102 valence electrons. The predicted octanol–water partition coefficient (Wildman–Crippen LogP) is 0.882. The summed E-state index contributed by atoms with van der Waals surface area (Å²) in [5.41, 5.74) is 7.83. The van der Waals surface area contributed by atoms with Crippen LogP contribution in [-0.2, 0) is 4.79 Å². The lowest BCUT2D eigenvalue weighted by Gasteiger charge is -2.20. The number of amides is 2. The Labute approximate surface area is 113 Å². The fourth-order valence-corrected chi connectivity index (χ4v) is 2.28. The molecular formula is C14H19N3O2. The van der Waals surface area contributed by atoms with Crippen LogP contribution in [0.2, 0.25) is 0 Å². The number of carbonyl (C=O) groups is 2. The van der Waals surface area contributed by atoms with E-state index in [0.29, 0.717) is 24.3 Å². The van der Waals surface area contributed by atoms with Crippen molar-refractivity contribution in [2.75, 3.05) is 32.4 Å². The number of hydrogen-bond acceptors (Lipinski definition) is 3. The van der Waals surface area contributed by atoms with E-state index in [2.05, 4.69) is 0 Å². The van der Waals surface area contributed by atoms with Gasteiger partial charge < -0.3 is 15.5 Å². The Balaban J connectivity index is 2.21. The van der Waals surface area contributed by atoms with Crippen LogP contribution in [-0.4, -0.2) is 48.3 Å². The molecule has 0 aliphatic carbocycles. The van der Waals surface area contributed by atoms with Crippen molar-refractivity contribution < 1.29 is 9.59 Å².